The molecule has 10 heteroatoms. The maximum absolute atomic E-state index is 13.5. The van der Waals surface area contributed by atoms with Crippen LogP contribution in [0.15, 0.2) is 29.8 Å². The molecule has 2 unspecified atom stereocenters. The summed E-state index contributed by atoms with van der Waals surface area (Å²) in [5.41, 5.74) is 9.67. The number of aryl methyl sites for hydroxylation is 1. The van der Waals surface area contributed by atoms with Crippen molar-refractivity contribution in [1.29, 1.82) is 0 Å². The lowest BCUT2D eigenvalue weighted by Gasteiger charge is -2.35. The highest BCUT2D eigenvalue weighted by atomic mass is 32.1. The number of likely N-dealkylation sites (tertiary alicyclic amines) is 1. The standard InChI is InChI=1S/C26H37N5O4S/c1-15(17-6-8-18(9-7-17)22-16(2)28-14-36-22)29-24(34)20-12-19(32)13-31(20)25(35)23(26(3,4)5)30-21(33)10-11-27/h6-9,14-15,19-20,23,32H,10-13,27H2,1-5H3,(H,29,34)(H,30,33)/t15?,19-,20+,23?/m1/s1. The Labute approximate surface area is 216 Å². The van der Waals surface area contributed by atoms with Crippen molar-refractivity contribution in [2.24, 2.45) is 11.1 Å². The van der Waals surface area contributed by atoms with Crippen LogP contribution in [-0.2, 0) is 14.4 Å². The van der Waals surface area contributed by atoms with Crippen molar-refractivity contribution in [2.75, 3.05) is 13.1 Å². The van der Waals surface area contributed by atoms with Crippen LogP contribution in [0.5, 0.6) is 0 Å². The Kier molecular flexibility index (Phi) is 8.86. The van der Waals surface area contributed by atoms with Gasteiger partial charge < -0.3 is 26.4 Å². The lowest BCUT2D eigenvalue weighted by molar-refractivity contribution is -0.144. The van der Waals surface area contributed by atoms with Gasteiger partial charge in [0.1, 0.15) is 12.1 Å². The number of benzene rings is 1. The second kappa shape index (κ2) is 11.5. The first-order chi connectivity index (χ1) is 16.9. The molecule has 2 heterocycles. The number of amides is 3. The van der Waals surface area contributed by atoms with E-state index in [0.717, 1.165) is 21.7 Å². The van der Waals surface area contributed by atoms with Crippen molar-refractivity contribution >= 4 is 29.1 Å². The molecule has 4 atom stereocenters. The number of thiazole rings is 1. The smallest absolute Gasteiger partial charge is 0.246 e. The molecule has 3 amide bonds. The highest BCUT2D eigenvalue weighted by Gasteiger charge is 2.44. The predicted molar refractivity (Wildman–Crippen MR) is 140 cm³/mol. The van der Waals surface area contributed by atoms with Crippen LogP contribution in [0.4, 0.5) is 0 Å². The van der Waals surface area contributed by atoms with Crippen LogP contribution in [0.1, 0.15) is 57.8 Å². The van der Waals surface area contributed by atoms with E-state index < -0.39 is 23.6 Å². The molecule has 9 nitrogen and oxygen atoms in total. The quantitative estimate of drug-likeness (QED) is 0.425. The highest BCUT2D eigenvalue weighted by molar-refractivity contribution is 7.13. The lowest BCUT2D eigenvalue weighted by atomic mass is 9.85. The number of nitrogens with two attached hydrogens (primary N) is 1. The zero-order valence-corrected chi connectivity index (χ0v) is 22.4. The molecule has 0 bridgehead atoms. The highest BCUT2D eigenvalue weighted by Crippen LogP contribution is 2.29. The molecular formula is C26H37N5O4S. The molecule has 5 N–H and O–H groups in total. The molecule has 1 aromatic heterocycles. The summed E-state index contributed by atoms with van der Waals surface area (Å²) < 4.78 is 0. The number of aliphatic hydroxyl groups is 1. The number of carbonyl (C=O) groups is 3. The van der Waals surface area contributed by atoms with Gasteiger partial charge in [-0.2, -0.15) is 0 Å². The summed E-state index contributed by atoms with van der Waals surface area (Å²) in [6.07, 6.45) is -0.574. The number of β-amino-alcohol motifs (C(OH)–C–C–N with tert-alkyl or cyclic N) is 1. The van der Waals surface area contributed by atoms with Gasteiger partial charge in [-0.3, -0.25) is 14.4 Å². The molecule has 196 valence electrons. The fourth-order valence-electron chi connectivity index (χ4n) is 4.38. The molecule has 1 aliphatic rings. The van der Waals surface area contributed by atoms with E-state index in [0.29, 0.717) is 0 Å². The maximum atomic E-state index is 13.5. The van der Waals surface area contributed by atoms with E-state index in [4.69, 9.17) is 5.73 Å². The van der Waals surface area contributed by atoms with E-state index in [-0.39, 0.29) is 49.7 Å². The monoisotopic (exact) mass is 515 g/mol. The molecule has 1 saturated heterocycles. The zero-order valence-electron chi connectivity index (χ0n) is 21.6. The van der Waals surface area contributed by atoms with E-state index in [2.05, 4.69) is 15.6 Å². The second-order valence-corrected chi connectivity index (χ2v) is 11.3. The predicted octanol–water partition coefficient (Wildman–Crippen LogP) is 2.14. The van der Waals surface area contributed by atoms with Crippen LogP contribution < -0.4 is 16.4 Å². The van der Waals surface area contributed by atoms with Gasteiger partial charge in [0.05, 0.1) is 28.2 Å². The summed E-state index contributed by atoms with van der Waals surface area (Å²) in [5.74, 6) is -1.05. The Morgan fingerprint density at radius 1 is 1.22 bits per heavy atom. The van der Waals surface area contributed by atoms with Gasteiger partial charge >= 0.3 is 0 Å². The van der Waals surface area contributed by atoms with E-state index in [1.807, 2.05) is 64.4 Å². The van der Waals surface area contributed by atoms with Gasteiger partial charge in [-0.25, -0.2) is 4.98 Å². The fourth-order valence-corrected chi connectivity index (χ4v) is 5.19. The van der Waals surface area contributed by atoms with Crippen LogP contribution >= 0.6 is 11.3 Å². The average Bonchev–Trinajstić information content (AvgIpc) is 3.42. The van der Waals surface area contributed by atoms with Crippen molar-refractivity contribution in [1.82, 2.24) is 20.5 Å². The number of rotatable bonds is 8. The Morgan fingerprint density at radius 3 is 2.44 bits per heavy atom. The topological polar surface area (TPSA) is 138 Å². The number of carbonyl (C=O) groups excluding carboxylic acids is 3. The molecule has 1 aromatic carbocycles. The molecule has 1 aliphatic heterocycles. The largest absolute Gasteiger partial charge is 0.391 e. The molecule has 1 fully saturated rings. The average molecular weight is 516 g/mol. The molecule has 3 rings (SSSR count). The Hall–Kier alpha value is -2.82. The number of hydrogen-bond donors (Lipinski definition) is 4. The normalized spacial score (nSPS) is 19.6. The first-order valence-corrected chi connectivity index (χ1v) is 13.1. The zero-order chi connectivity index (χ0) is 26.6. The number of nitrogens with zero attached hydrogens (tertiary/aromatic N) is 2. The fraction of sp³-hybridized carbons (Fsp3) is 0.538. The summed E-state index contributed by atoms with van der Waals surface area (Å²) in [4.78, 5) is 45.8. The minimum absolute atomic E-state index is 0.0353. The molecule has 36 heavy (non-hydrogen) atoms. The van der Waals surface area contributed by atoms with Gasteiger partial charge in [0.2, 0.25) is 17.7 Å². The minimum Gasteiger partial charge on any atom is -0.391 e. The Balaban J connectivity index is 1.72. The summed E-state index contributed by atoms with van der Waals surface area (Å²) in [7, 11) is 0. The van der Waals surface area contributed by atoms with Crippen LogP contribution in [0.25, 0.3) is 10.4 Å². The van der Waals surface area contributed by atoms with Gasteiger partial charge in [0.25, 0.3) is 0 Å². The van der Waals surface area contributed by atoms with Crippen molar-refractivity contribution in [3.8, 4) is 10.4 Å². The van der Waals surface area contributed by atoms with Crippen molar-refractivity contribution in [2.45, 2.75) is 71.7 Å². The van der Waals surface area contributed by atoms with Gasteiger partial charge in [-0.15, -0.1) is 11.3 Å². The minimum atomic E-state index is -0.850. The first kappa shape index (κ1) is 27.8. The van der Waals surface area contributed by atoms with Crippen LogP contribution in [-0.4, -0.2) is 64.0 Å². The van der Waals surface area contributed by atoms with Crippen molar-refractivity contribution < 1.29 is 19.5 Å². The summed E-state index contributed by atoms with van der Waals surface area (Å²) in [6, 6.07) is 5.97. The van der Waals surface area contributed by atoms with E-state index >= 15 is 0 Å². The van der Waals surface area contributed by atoms with Gasteiger partial charge in [-0.1, -0.05) is 45.0 Å². The third kappa shape index (κ3) is 6.48. The third-order valence-electron chi connectivity index (χ3n) is 6.43. The van der Waals surface area contributed by atoms with Crippen LogP contribution in [0.2, 0.25) is 0 Å². The van der Waals surface area contributed by atoms with Gasteiger partial charge in [-0.05, 0) is 30.4 Å². The second-order valence-electron chi connectivity index (χ2n) is 10.4. The van der Waals surface area contributed by atoms with E-state index in [1.54, 1.807) is 11.3 Å². The number of aliphatic hydroxyl groups excluding tert-OH is 1. The summed E-state index contributed by atoms with van der Waals surface area (Å²) in [6.45, 7) is 9.60. The third-order valence-corrected chi connectivity index (χ3v) is 7.41. The summed E-state index contributed by atoms with van der Waals surface area (Å²) in [5, 5.41) is 16.1. The number of hydrogen-bond acceptors (Lipinski definition) is 7. The molecule has 0 aliphatic carbocycles. The first-order valence-electron chi connectivity index (χ1n) is 12.2. The molecular weight excluding hydrogens is 478 g/mol. The van der Waals surface area contributed by atoms with Gasteiger partial charge in [0, 0.05) is 25.9 Å². The van der Waals surface area contributed by atoms with Crippen molar-refractivity contribution in [3.05, 3.63) is 41.0 Å². The molecule has 0 saturated carbocycles. The van der Waals surface area contributed by atoms with Crippen LogP contribution in [0, 0.1) is 12.3 Å². The SMILES string of the molecule is Cc1ncsc1-c1ccc(C(C)NC(=O)[C@@H]2C[C@@H](O)CN2C(=O)C(NC(=O)CCN)C(C)(C)C)cc1. The van der Waals surface area contributed by atoms with E-state index in [9.17, 15) is 19.5 Å². The van der Waals surface area contributed by atoms with Crippen LogP contribution in [0.3, 0.4) is 0 Å². The molecule has 0 radical (unpaired) electrons. The molecule has 2 aromatic rings. The lowest BCUT2D eigenvalue weighted by Crippen LogP contribution is -2.58. The van der Waals surface area contributed by atoms with Crippen molar-refractivity contribution in [3.63, 3.8) is 0 Å². The van der Waals surface area contributed by atoms with Gasteiger partial charge in [0.15, 0.2) is 0 Å². The number of nitrogens with one attached hydrogen (secondary N) is 2. The molecule has 0 spiro atoms. The number of aromatic nitrogens is 1. The Bertz CT molecular complexity index is 1080. The maximum Gasteiger partial charge on any atom is 0.246 e. The Morgan fingerprint density at radius 2 is 1.89 bits per heavy atom. The summed E-state index contributed by atoms with van der Waals surface area (Å²) >= 11 is 1.58. The van der Waals surface area contributed by atoms with E-state index in [1.165, 1.54) is 4.90 Å².